The SMILES string of the molecule is CC(C)Nc1cccnc1N(C)CCN(C)C(=O)c1cc2ccccc2[nH]1. The third-order valence-electron chi connectivity index (χ3n) is 4.47. The minimum absolute atomic E-state index is 0.0128. The molecular formula is C21H27N5O. The molecule has 6 nitrogen and oxygen atoms in total. The van der Waals surface area contributed by atoms with Crippen molar-refractivity contribution in [2.75, 3.05) is 37.4 Å². The molecule has 0 saturated carbocycles. The number of likely N-dealkylation sites (N-methyl/N-ethyl adjacent to an activating group) is 2. The summed E-state index contributed by atoms with van der Waals surface area (Å²) in [5, 5.41) is 4.46. The Balaban J connectivity index is 1.64. The number of nitrogens with one attached hydrogen (secondary N) is 2. The molecule has 0 aliphatic heterocycles. The Morgan fingerprint density at radius 2 is 1.93 bits per heavy atom. The van der Waals surface area contributed by atoms with E-state index in [1.165, 1.54) is 0 Å². The van der Waals surface area contributed by atoms with Gasteiger partial charge in [0, 0.05) is 50.3 Å². The van der Waals surface area contributed by atoms with Gasteiger partial charge in [0.05, 0.1) is 5.69 Å². The van der Waals surface area contributed by atoms with Gasteiger partial charge in [-0.1, -0.05) is 18.2 Å². The summed E-state index contributed by atoms with van der Waals surface area (Å²) in [6.45, 7) is 5.49. The van der Waals surface area contributed by atoms with E-state index in [4.69, 9.17) is 0 Å². The number of amides is 1. The minimum Gasteiger partial charge on any atom is -0.380 e. The van der Waals surface area contributed by atoms with Crippen molar-refractivity contribution >= 4 is 28.3 Å². The number of anilines is 2. The van der Waals surface area contributed by atoms with E-state index in [9.17, 15) is 4.79 Å². The number of hydrogen-bond donors (Lipinski definition) is 2. The fourth-order valence-corrected chi connectivity index (χ4v) is 3.03. The summed E-state index contributed by atoms with van der Waals surface area (Å²) in [4.78, 5) is 24.2. The molecular weight excluding hydrogens is 338 g/mol. The lowest BCUT2D eigenvalue weighted by atomic mass is 10.2. The number of aromatic nitrogens is 2. The maximum Gasteiger partial charge on any atom is 0.270 e. The van der Waals surface area contributed by atoms with Gasteiger partial charge in [-0.3, -0.25) is 4.79 Å². The maximum absolute atomic E-state index is 12.7. The van der Waals surface area contributed by atoms with Gasteiger partial charge < -0.3 is 20.1 Å². The number of pyridine rings is 1. The van der Waals surface area contributed by atoms with E-state index in [-0.39, 0.29) is 5.91 Å². The van der Waals surface area contributed by atoms with Crippen molar-refractivity contribution in [3.05, 3.63) is 54.4 Å². The lowest BCUT2D eigenvalue weighted by Crippen LogP contribution is -2.35. The summed E-state index contributed by atoms with van der Waals surface area (Å²) in [5.74, 6) is 0.874. The highest BCUT2D eigenvalue weighted by atomic mass is 16.2. The molecule has 0 saturated heterocycles. The molecule has 1 amide bonds. The molecule has 0 bridgehead atoms. The molecule has 0 radical (unpaired) electrons. The predicted octanol–water partition coefficient (Wildman–Crippen LogP) is 3.59. The van der Waals surface area contributed by atoms with Gasteiger partial charge in [0.1, 0.15) is 5.69 Å². The quantitative estimate of drug-likeness (QED) is 0.672. The van der Waals surface area contributed by atoms with Crippen LogP contribution in [0.25, 0.3) is 10.9 Å². The molecule has 3 aromatic rings. The average Bonchev–Trinajstić information content (AvgIpc) is 3.09. The van der Waals surface area contributed by atoms with Crippen LogP contribution in [-0.4, -0.2) is 54.0 Å². The zero-order valence-corrected chi connectivity index (χ0v) is 16.4. The normalized spacial score (nSPS) is 11.0. The van der Waals surface area contributed by atoms with Crippen LogP contribution < -0.4 is 10.2 Å². The van der Waals surface area contributed by atoms with Crippen molar-refractivity contribution < 1.29 is 4.79 Å². The second-order valence-electron chi connectivity index (χ2n) is 7.09. The highest BCUT2D eigenvalue weighted by molar-refractivity contribution is 5.97. The molecule has 0 aliphatic carbocycles. The van der Waals surface area contributed by atoms with E-state index in [0.29, 0.717) is 24.8 Å². The Morgan fingerprint density at radius 3 is 2.67 bits per heavy atom. The van der Waals surface area contributed by atoms with Crippen molar-refractivity contribution in [1.29, 1.82) is 0 Å². The Hall–Kier alpha value is -3.02. The van der Waals surface area contributed by atoms with E-state index >= 15 is 0 Å². The molecule has 0 fully saturated rings. The first-order valence-corrected chi connectivity index (χ1v) is 9.21. The topological polar surface area (TPSA) is 64.3 Å². The molecule has 6 heteroatoms. The number of fused-ring (bicyclic) bond motifs is 1. The number of benzene rings is 1. The number of para-hydroxylation sites is 1. The first kappa shape index (κ1) is 18.8. The van der Waals surface area contributed by atoms with E-state index < -0.39 is 0 Å². The van der Waals surface area contributed by atoms with Crippen LogP contribution in [0.5, 0.6) is 0 Å². The second-order valence-corrected chi connectivity index (χ2v) is 7.09. The number of carbonyl (C=O) groups excluding carboxylic acids is 1. The molecule has 0 atom stereocenters. The van der Waals surface area contributed by atoms with Gasteiger partial charge >= 0.3 is 0 Å². The average molecular weight is 365 g/mol. The zero-order valence-electron chi connectivity index (χ0n) is 16.4. The summed E-state index contributed by atoms with van der Waals surface area (Å²) in [6, 6.07) is 14.1. The Labute approximate surface area is 160 Å². The summed E-state index contributed by atoms with van der Waals surface area (Å²) < 4.78 is 0. The Bertz CT molecular complexity index is 885. The number of aromatic amines is 1. The van der Waals surface area contributed by atoms with Gasteiger partial charge in [0.15, 0.2) is 5.82 Å². The van der Waals surface area contributed by atoms with Crippen LogP contribution in [0.15, 0.2) is 48.7 Å². The van der Waals surface area contributed by atoms with Crippen molar-refractivity contribution in [1.82, 2.24) is 14.9 Å². The number of nitrogens with zero attached hydrogens (tertiary/aromatic N) is 3. The predicted molar refractivity (Wildman–Crippen MR) is 112 cm³/mol. The molecule has 2 heterocycles. The van der Waals surface area contributed by atoms with Gasteiger partial charge in [-0.15, -0.1) is 0 Å². The molecule has 27 heavy (non-hydrogen) atoms. The smallest absolute Gasteiger partial charge is 0.270 e. The summed E-state index contributed by atoms with van der Waals surface area (Å²) in [5.41, 5.74) is 2.59. The molecule has 2 N–H and O–H groups in total. The van der Waals surface area contributed by atoms with Gasteiger partial charge in [-0.2, -0.15) is 0 Å². The monoisotopic (exact) mass is 365 g/mol. The summed E-state index contributed by atoms with van der Waals surface area (Å²) in [6.07, 6.45) is 1.79. The van der Waals surface area contributed by atoms with Crippen LogP contribution in [0.4, 0.5) is 11.5 Å². The van der Waals surface area contributed by atoms with E-state index in [2.05, 4.69) is 34.0 Å². The highest BCUT2D eigenvalue weighted by Gasteiger charge is 2.16. The van der Waals surface area contributed by atoms with Gasteiger partial charge in [0.2, 0.25) is 0 Å². The Morgan fingerprint density at radius 1 is 1.15 bits per heavy atom. The number of H-pyrrole nitrogens is 1. The minimum atomic E-state index is -0.0128. The molecule has 1 aromatic carbocycles. The van der Waals surface area contributed by atoms with Crippen molar-refractivity contribution in [3.63, 3.8) is 0 Å². The number of hydrogen-bond acceptors (Lipinski definition) is 4. The van der Waals surface area contributed by atoms with E-state index in [0.717, 1.165) is 22.4 Å². The van der Waals surface area contributed by atoms with Crippen molar-refractivity contribution in [2.45, 2.75) is 19.9 Å². The second kappa shape index (κ2) is 8.12. The maximum atomic E-state index is 12.7. The van der Waals surface area contributed by atoms with Crippen LogP contribution in [0, 0.1) is 0 Å². The lowest BCUT2D eigenvalue weighted by molar-refractivity contribution is 0.0794. The summed E-state index contributed by atoms with van der Waals surface area (Å²) >= 11 is 0. The van der Waals surface area contributed by atoms with Gasteiger partial charge in [-0.25, -0.2) is 4.98 Å². The van der Waals surface area contributed by atoms with Crippen molar-refractivity contribution in [3.8, 4) is 0 Å². The molecule has 2 aromatic heterocycles. The van der Waals surface area contributed by atoms with Gasteiger partial charge in [-0.05, 0) is 38.1 Å². The molecule has 0 aliphatic rings. The van der Waals surface area contributed by atoms with Crippen LogP contribution in [0.1, 0.15) is 24.3 Å². The lowest BCUT2D eigenvalue weighted by Gasteiger charge is -2.25. The standard InChI is InChI=1S/C21H27N5O/c1-15(2)23-18-10-7-11-22-20(18)25(3)12-13-26(4)21(27)19-14-16-8-5-6-9-17(16)24-19/h5-11,14-15,23-24H,12-13H2,1-4H3. The largest absolute Gasteiger partial charge is 0.380 e. The number of carbonyl (C=O) groups is 1. The highest BCUT2D eigenvalue weighted by Crippen LogP contribution is 2.22. The van der Waals surface area contributed by atoms with Crippen LogP contribution in [0.3, 0.4) is 0 Å². The molecule has 0 spiro atoms. The summed E-state index contributed by atoms with van der Waals surface area (Å²) in [7, 11) is 3.82. The van der Waals surface area contributed by atoms with Crippen LogP contribution >= 0.6 is 0 Å². The molecule has 142 valence electrons. The first-order valence-electron chi connectivity index (χ1n) is 9.21. The van der Waals surface area contributed by atoms with E-state index in [1.807, 2.05) is 56.6 Å². The Kier molecular flexibility index (Phi) is 5.64. The van der Waals surface area contributed by atoms with Crippen LogP contribution in [-0.2, 0) is 0 Å². The first-order chi connectivity index (χ1) is 13.0. The molecule has 3 rings (SSSR count). The third kappa shape index (κ3) is 4.39. The van der Waals surface area contributed by atoms with E-state index in [1.54, 1.807) is 11.1 Å². The van der Waals surface area contributed by atoms with Crippen LogP contribution in [0.2, 0.25) is 0 Å². The molecule has 0 unspecified atom stereocenters. The fraction of sp³-hybridized carbons (Fsp3) is 0.333. The fourth-order valence-electron chi connectivity index (χ4n) is 3.03. The third-order valence-corrected chi connectivity index (χ3v) is 4.47. The van der Waals surface area contributed by atoms with Crippen molar-refractivity contribution in [2.24, 2.45) is 0 Å². The van der Waals surface area contributed by atoms with Gasteiger partial charge in [0.25, 0.3) is 5.91 Å². The zero-order chi connectivity index (χ0) is 19.4. The number of rotatable bonds is 7.